The number of rotatable bonds is 10. The van der Waals surface area contributed by atoms with E-state index in [1.807, 2.05) is 49.6 Å². The largest absolute Gasteiger partial charge is 0.497 e. The van der Waals surface area contributed by atoms with Crippen molar-refractivity contribution in [1.82, 2.24) is 14.8 Å². The second kappa shape index (κ2) is 11.6. The van der Waals surface area contributed by atoms with Crippen LogP contribution in [0.4, 0.5) is 11.4 Å². The molecule has 3 aromatic rings. The summed E-state index contributed by atoms with van der Waals surface area (Å²) in [6, 6.07) is 14.3. The van der Waals surface area contributed by atoms with Crippen LogP contribution in [0.1, 0.15) is 39.6 Å². The monoisotopic (exact) mass is 483 g/mol. The van der Waals surface area contributed by atoms with Crippen molar-refractivity contribution in [3.05, 3.63) is 54.4 Å². The first-order valence-electron chi connectivity index (χ1n) is 10.9. The summed E-state index contributed by atoms with van der Waals surface area (Å²) in [6.07, 6.45) is -0.337. The van der Waals surface area contributed by atoms with Crippen LogP contribution in [0.3, 0.4) is 0 Å². The first-order valence-corrected chi connectivity index (χ1v) is 11.8. The van der Waals surface area contributed by atoms with Gasteiger partial charge in [0, 0.05) is 24.8 Å². The highest BCUT2D eigenvalue weighted by Gasteiger charge is 2.23. The molecule has 2 amide bonds. The molecular weight excluding hydrogens is 454 g/mol. The molecule has 0 radical (unpaired) electrons. The van der Waals surface area contributed by atoms with Crippen molar-refractivity contribution in [2.24, 2.45) is 0 Å². The van der Waals surface area contributed by atoms with E-state index in [9.17, 15) is 9.59 Å². The van der Waals surface area contributed by atoms with Crippen LogP contribution in [0, 0.1) is 0 Å². The lowest BCUT2D eigenvalue weighted by Crippen LogP contribution is -2.23. The van der Waals surface area contributed by atoms with Crippen molar-refractivity contribution in [2.75, 3.05) is 17.7 Å². The number of carbonyl (C=O) groups is 2. The molecule has 10 heteroatoms. The zero-order chi connectivity index (χ0) is 24.7. The third-order valence-corrected chi connectivity index (χ3v) is 5.98. The van der Waals surface area contributed by atoms with E-state index in [-0.39, 0.29) is 17.9 Å². The predicted molar refractivity (Wildman–Crippen MR) is 132 cm³/mol. The van der Waals surface area contributed by atoms with Crippen LogP contribution in [0.5, 0.6) is 11.5 Å². The average molecular weight is 484 g/mol. The highest BCUT2D eigenvalue weighted by Crippen LogP contribution is 2.28. The molecule has 0 aliphatic carbocycles. The lowest BCUT2D eigenvalue weighted by Gasteiger charge is -2.17. The van der Waals surface area contributed by atoms with E-state index in [2.05, 4.69) is 20.8 Å². The van der Waals surface area contributed by atoms with Crippen molar-refractivity contribution in [3.8, 4) is 11.5 Å². The summed E-state index contributed by atoms with van der Waals surface area (Å²) in [5.74, 6) is 1.77. The van der Waals surface area contributed by atoms with Crippen LogP contribution in [-0.2, 0) is 16.1 Å². The van der Waals surface area contributed by atoms with Gasteiger partial charge in [-0.15, -0.1) is 10.2 Å². The lowest BCUT2D eigenvalue weighted by molar-refractivity contribution is -0.115. The van der Waals surface area contributed by atoms with E-state index >= 15 is 0 Å². The van der Waals surface area contributed by atoms with Gasteiger partial charge >= 0.3 is 0 Å². The van der Waals surface area contributed by atoms with Gasteiger partial charge in [0.05, 0.1) is 12.4 Å². The maximum absolute atomic E-state index is 12.8. The summed E-state index contributed by atoms with van der Waals surface area (Å²) in [5, 5.41) is 14.4. The summed E-state index contributed by atoms with van der Waals surface area (Å²) in [7, 11) is 1.62. The molecule has 2 aromatic carbocycles. The van der Waals surface area contributed by atoms with Crippen LogP contribution in [0.15, 0.2) is 53.7 Å². The van der Waals surface area contributed by atoms with Gasteiger partial charge in [-0.2, -0.15) is 0 Å². The fourth-order valence-corrected chi connectivity index (χ4v) is 4.15. The Morgan fingerprint density at radius 3 is 2.29 bits per heavy atom. The molecule has 2 atom stereocenters. The van der Waals surface area contributed by atoms with Crippen molar-refractivity contribution >= 4 is 35.0 Å². The number of hydrogen-bond acceptors (Lipinski definition) is 7. The molecule has 9 nitrogen and oxygen atoms in total. The Hall–Kier alpha value is -3.53. The molecule has 1 aromatic heterocycles. The number of thioether (sulfide) groups is 1. The maximum atomic E-state index is 12.8. The standard InChI is InChI=1S/C24H29N5O4S/c1-6-29-22(15(2)33-21-12-10-20(32-5)11-13-21)27-28-24(29)34-16(3)23(31)26-19-9-7-8-18(14-19)25-17(4)30/h7-16H,6H2,1-5H3,(H,25,30)(H,26,31). The molecule has 0 spiro atoms. The molecule has 0 aliphatic rings. The molecule has 180 valence electrons. The van der Waals surface area contributed by atoms with Gasteiger partial charge in [-0.25, -0.2) is 0 Å². The van der Waals surface area contributed by atoms with E-state index in [0.29, 0.717) is 34.6 Å². The molecule has 0 saturated carbocycles. The van der Waals surface area contributed by atoms with Crippen LogP contribution in [-0.4, -0.2) is 38.9 Å². The number of methoxy groups -OCH3 is 1. The molecule has 34 heavy (non-hydrogen) atoms. The van der Waals surface area contributed by atoms with E-state index in [4.69, 9.17) is 9.47 Å². The molecule has 1 heterocycles. The third kappa shape index (κ3) is 6.50. The quantitative estimate of drug-likeness (QED) is 0.408. The second-order valence-electron chi connectivity index (χ2n) is 7.53. The van der Waals surface area contributed by atoms with Gasteiger partial charge in [0.15, 0.2) is 17.1 Å². The van der Waals surface area contributed by atoms with Crippen molar-refractivity contribution in [2.45, 2.75) is 50.8 Å². The summed E-state index contributed by atoms with van der Waals surface area (Å²) in [4.78, 5) is 24.0. The summed E-state index contributed by atoms with van der Waals surface area (Å²) in [5.41, 5.74) is 1.22. The highest BCUT2D eigenvalue weighted by molar-refractivity contribution is 8.00. The fourth-order valence-electron chi connectivity index (χ4n) is 3.23. The number of ether oxygens (including phenoxy) is 2. The molecule has 2 N–H and O–H groups in total. The van der Waals surface area contributed by atoms with Gasteiger partial charge in [-0.3, -0.25) is 9.59 Å². The van der Waals surface area contributed by atoms with Gasteiger partial charge in [-0.05, 0) is 63.2 Å². The highest BCUT2D eigenvalue weighted by atomic mass is 32.2. The zero-order valence-electron chi connectivity index (χ0n) is 19.9. The zero-order valence-corrected chi connectivity index (χ0v) is 20.7. The van der Waals surface area contributed by atoms with Crippen molar-refractivity contribution < 1.29 is 19.1 Å². The fraction of sp³-hybridized carbons (Fsp3) is 0.333. The predicted octanol–water partition coefficient (Wildman–Crippen LogP) is 4.52. The average Bonchev–Trinajstić information content (AvgIpc) is 3.22. The number of amides is 2. The Morgan fingerprint density at radius 2 is 1.68 bits per heavy atom. The summed E-state index contributed by atoms with van der Waals surface area (Å²) >= 11 is 1.32. The Labute approximate surface area is 203 Å². The number of anilines is 2. The SMILES string of the molecule is CCn1c(SC(C)C(=O)Nc2cccc(NC(C)=O)c2)nnc1C(C)Oc1ccc(OC)cc1. The second-order valence-corrected chi connectivity index (χ2v) is 8.84. The third-order valence-electron chi connectivity index (χ3n) is 4.90. The number of aromatic nitrogens is 3. The molecule has 3 rings (SSSR count). The van der Waals surface area contributed by atoms with Crippen LogP contribution in [0.25, 0.3) is 0 Å². The van der Waals surface area contributed by atoms with E-state index in [0.717, 1.165) is 5.75 Å². The summed E-state index contributed by atoms with van der Waals surface area (Å²) < 4.78 is 13.2. The van der Waals surface area contributed by atoms with Gasteiger partial charge < -0.3 is 24.7 Å². The smallest absolute Gasteiger partial charge is 0.237 e. The molecule has 0 fully saturated rings. The first kappa shape index (κ1) is 25.1. The van der Waals surface area contributed by atoms with Crippen LogP contribution in [0.2, 0.25) is 0 Å². The number of nitrogens with one attached hydrogen (secondary N) is 2. The number of benzene rings is 2. The molecule has 0 bridgehead atoms. The van der Waals surface area contributed by atoms with E-state index in [1.54, 1.807) is 31.4 Å². The molecule has 0 saturated heterocycles. The minimum atomic E-state index is -0.426. The van der Waals surface area contributed by atoms with Gasteiger partial charge in [0.25, 0.3) is 0 Å². The Kier molecular flexibility index (Phi) is 8.53. The Balaban J connectivity index is 1.65. The van der Waals surface area contributed by atoms with Crippen molar-refractivity contribution in [1.29, 1.82) is 0 Å². The molecule has 2 unspecified atom stereocenters. The maximum Gasteiger partial charge on any atom is 0.237 e. The normalized spacial score (nSPS) is 12.5. The molecular formula is C24H29N5O4S. The van der Waals surface area contributed by atoms with Crippen molar-refractivity contribution in [3.63, 3.8) is 0 Å². The minimum Gasteiger partial charge on any atom is -0.497 e. The van der Waals surface area contributed by atoms with Gasteiger partial charge in [0.2, 0.25) is 11.8 Å². The van der Waals surface area contributed by atoms with Gasteiger partial charge in [-0.1, -0.05) is 17.8 Å². The number of hydrogen-bond donors (Lipinski definition) is 2. The van der Waals surface area contributed by atoms with E-state index < -0.39 is 5.25 Å². The van der Waals surface area contributed by atoms with Gasteiger partial charge in [0.1, 0.15) is 11.5 Å². The Bertz CT molecular complexity index is 1130. The number of carbonyl (C=O) groups excluding carboxylic acids is 2. The lowest BCUT2D eigenvalue weighted by atomic mass is 10.2. The summed E-state index contributed by atoms with van der Waals surface area (Å²) in [6.45, 7) is 7.78. The minimum absolute atomic E-state index is 0.174. The number of nitrogens with zero attached hydrogens (tertiary/aromatic N) is 3. The van der Waals surface area contributed by atoms with Crippen LogP contribution < -0.4 is 20.1 Å². The first-order chi connectivity index (χ1) is 16.3. The molecule has 0 aliphatic heterocycles. The van der Waals surface area contributed by atoms with E-state index in [1.165, 1.54) is 18.7 Å². The van der Waals surface area contributed by atoms with Crippen LogP contribution >= 0.6 is 11.8 Å². The topological polar surface area (TPSA) is 107 Å². The Morgan fingerprint density at radius 1 is 1.03 bits per heavy atom.